The van der Waals surface area contributed by atoms with Crippen LogP contribution in [0.3, 0.4) is 0 Å². The summed E-state index contributed by atoms with van der Waals surface area (Å²) in [7, 11) is -2.86. The maximum Gasteiger partial charge on any atom is 0.192 e. The molecule has 0 spiro atoms. The van der Waals surface area contributed by atoms with Gasteiger partial charge in [0.2, 0.25) is 0 Å². The first kappa shape index (κ1) is 27.6. The average Bonchev–Trinajstić information content (AvgIpc) is 2.79. The van der Waals surface area contributed by atoms with E-state index in [0.29, 0.717) is 12.3 Å². The molecule has 0 saturated heterocycles. The zero-order valence-electron chi connectivity index (χ0n) is 20.6. The molecule has 1 unspecified atom stereocenters. The fourth-order valence-electron chi connectivity index (χ4n) is 4.00. The van der Waals surface area contributed by atoms with Crippen molar-refractivity contribution >= 4 is 18.0 Å². The molecule has 0 N–H and O–H groups in total. The molecule has 0 aliphatic rings. The molecule has 1 aromatic carbocycles. The normalized spacial score (nSPS) is 16.8. The molecule has 5 heteroatoms. The Kier molecular flexibility index (Phi) is 11.7. The molecule has 3 nitrogen and oxygen atoms in total. The Hall–Kier alpha value is -1.43. The molecular formula is C26H43NO2SSi. The summed E-state index contributed by atoms with van der Waals surface area (Å²) in [4.78, 5) is 1.57. The maximum atomic E-state index is 14.1. The summed E-state index contributed by atoms with van der Waals surface area (Å²) < 4.78 is 25.5. The molecule has 174 valence electrons. The molecule has 0 amide bonds. The van der Waals surface area contributed by atoms with E-state index in [1.54, 1.807) is 7.05 Å². The van der Waals surface area contributed by atoms with Gasteiger partial charge in [0, 0.05) is 17.9 Å². The van der Waals surface area contributed by atoms with E-state index < -0.39 is 18.0 Å². The fourth-order valence-corrected chi connectivity index (χ4v) is 8.77. The highest BCUT2D eigenvalue weighted by Gasteiger charge is 2.35. The van der Waals surface area contributed by atoms with Crippen molar-refractivity contribution in [1.82, 2.24) is 0 Å². The third-order valence-electron chi connectivity index (χ3n) is 6.25. The second-order valence-corrected chi connectivity index (χ2v) is 15.5. The topological polar surface area (TPSA) is 38.7 Å². The van der Waals surface area contributed by atoms with Gasteiger partial charge < -0.3 is 4.43 Å². The number of nitrogens with zero attached hydrogens (tertiary/aromatic N) is 1. The van der Waals surface area contributed by atoms with Crippen LogP contribution in [-0.2, 0) is 14.2 Å². The number of hydrogen-bond donors (Lipinski definition) is 0. The van der Waals surface area contributed by atoms with Crippen LogP contribution in [0.5, 0.6) is 0 Å². The molecule has 0 aliphatic carbocycles. The van der Waals surface area contributed by atoms with Gasteiger partial charge in [-0.15, -0.1) is 6.58 Å². The molecular weight excluding hydrogens is 418 g/mol. The Bertz CT molecular complexity index is 839. The van der Waals surface area contributed by atoms with Crippen molar-refractivity contribution in [2.75, 3.05) is 7.05 Å². The average molecular weight is 462 g/mol. The third-order valence-corrected chi connectivity index (χ3v) is 13.3. The molecule has 0 aliphatic heterocycles. The molecule has 1 aromatic rings. The monoisotopic (exact) mass is 461 g/mol. The third kappa shape index (κ3) is 7.03. The first-order chi connectivity index (χ1) is 14.8. The van der Waals surface area contributed by atoms with Gasteiger partial charge in [0.1, 0.15) is 0 Å². The highest BCUT2D eigenvalue weighted by molar-refractivity contribution is 7.97. The number of rotatable bonds is 13. The van der Waals surface area contributed by atoms with Gasteiger partial charge in [-0.1, -0.05) is 77.1 Å². The largest absolute Gasteiger partial charge is 0.410 e. The van der Waals surface area contributed by atoms with Crippen molar-refractivity contribution in [3.05, 3.63) is 66.1 Å². The van der Waals surface area contributed by atoms with Crippen molar-refractivity contribution in [1.29, 1.82) is 0 Å². The molecule has 31 heavy (non-hydrogen) atoms. The van der Waals surface area contributed by atoms with Crippen molar-refractivity contribution < 1.29 is 8.63 Å². The number of benzene rings is 1. The zero-order valence-corrected chi connectivity index (χ0v) is 22.5. The molecule has 0 aromatic heterocycles. The van der Waals surface area contributed by atoms with Crippen molar-refractivity contribution in [3.8, 4) is 0 Å². The standard InChI is InChI=1S/C26H43NO2SSi/c1-9-17-24(30(28,27-8)23-19-15-14-16-20-23)21-25(22(6)7)26(18-10-2)29-31(11-3,12-4)13-5/h9-10,14-16,18-22,25-26H,1,11-13,17H2,2-8H3/b18-10+,24-21+/t25-,26-,30?/m0/s1. The van der Waals surface area contributed by atoms with E-state index in [-0.39, 0.29) is 12.0 Å². The molecule has 0 heterocycles. The molecule has 0 saturated carbocycles. The van der Waals surface area contributed by atoms with Gasteiger partial charge in [-0.3, -0.25) is 0 Å². The number of allylic oxidation sites excluding steroid dienone is 3. The molecule has 0 bridgehead atoms. The van der Waals surface area contributed by atoms with E-state index in [0.717, 1.165) is 27.9 Å². The second kappa shape index (κ2) is 13.2. The highest BCUT2D eigenvalue weighted by Crippen LogP contribution is 2.33. The van der Waals surface area contributed by atoms with Crippen molar-refractivity contribution in [2.24, 2.45) is 16.2 Å². The minimum atomic E-state index is -2.70. The van der Waals surface area contributed by atoms with Gasteiger partial charge in [0.15, 0.2) is 8.32 Å². The first-order valence-corrected chi connectivity index (χ1v) is 15.6. The van der Waals surface area contributed by atoms with Crippen LogP contribution in [0.4, 0.5) is 0 Å². The lowest BCUT2D eigenvalue weighted by atomic mass is 9.89. The molecule has 0 fully saturated rings. The van der Waals surface area contributed by atoms with Gasteiger partial charge in [-0.25, -0.2) is 8.57 Å². The lowest BCUT2D eigenvalue weighted by molar-refractivity contribution is 0.161. The Morgan fingerprint density at radius 1 is 1.16 bits per heavy atom. The fraction of sp³-hybridized carbons (Fsp3) is 0.538. The summed E-state index contributed by atoms with van der Waals surface area (Å²) in [6, 6.07) is 12.9. The van der Waals surface area contributed by atoms with Crippen LogP contribution in [-0.4, -0.2) is 25.7 Å². The summed E-state index contributed by atoms with van der Waals surface area (Å²) >= 11 is 0. The zero-order chi connectivity index (χ0) is 23.5. The minimum Gasteiger partial charge on any atom is -0.410 e. The van der Waals surface area contributed by atoms with Crippen LogP contribution in [0, 0.1) is 11.8 Å². The van der Waals surface area contributed by atoms with E-state index in [4.69, 9.17) is 4.43 Å². The Balaban J connectivity index is 3.61. The van der Waals surface area contributed by atoms with Crippen molar-refractivity contribution in [3.63, 3.8) is 0 Å². The second-order valence-electron chi connectivity index (χ2n) is 8.32. The van der Waals surface area contributed by atoms with Crippen LogP contribution in [0.25, 0.3) is 0 Å². The lowest BCUT2D eigenvalue weighted by Gasteiger charge is -2.36. The van der Waals surface area contributed by atoms with E-state index in [9.17, 15) is 4.21 Å². The van der Waals surface area contributed by atoms with Crippen LogP contribution in [0.15, 0.2) is 75.4 Å². The summed E-state index contributed by atoms with van der Waals surface area (Å²) in [5.41, 5.74) is 0. The maximum absolute atomic E-state index is 14.1. The van der Waals surface area contributed by atoms with E-state index in [1.807, 2.05) is 43.3 Å². The summed E-state index contributed by atoms with van der Waals surface area (Å²) in [5.74, 6) is 0.434. The van der Waals surface area contributed by atoms with E-state index in [2.05, 4.69) is 63.8 Å². The van der Waals surface area contributed by atoms with E-state index in [1.165, 1.54) is 0 Å². The van der Waals surface area contributed by atoms with Gasteiger partial charge >= 0.3 is 0 Å². The number of hydrogen-bond acceptors (Lipinski definition) is 3. The SMILES string of the molecule is C=CC/C(=C\[C@@H](C(C)C)[C@H](/C=C/C)O[Si](CC)(CC)CC)S(=O)(=NC)c1ccccc1. The van der Waals surface area contributed by atoms with Crippen LogP contribution in [0.2, 0.25) is 18.1 Å². The predicted octanol–water partition coefficient (Wildman–Crippen LogP) is 7.84. The predicted molar refractivity (Wildman–Crippen MR) is 139 cm³/mol. The van der Waals surface area contributed by atoms with Gasteiger partial charge in [0.05, 0.1) is 20.7 Å². The first-order valence-electron chi connectivity index (χ1n) is 11.6. The smallest absolute Gasteiger partial charge is 0.192 e. The molecule has 0 radical (unpaired) electrons. The van der Waals surface area contributed by atoms with Crippen molar-refractivity contribution in [2.45, 2.75) is 77.1 Å². The Labute approximate surface area is 193 Å². The molecule has 1 rings (SSSR count). The molecule has 3 atom stereocenters. The minimum absolute atomic E-state index is 0.0346. The van der Waals surface area contributed by atoms with E-state index >= 15 is 0 Å². The Morgan fingerprint density at radius 3 is 2.16 bits per heavy atom. The Morgan fingerprint density at radius 2 is 1.74 bits per heavy atom. The highest BCUT2D eigenvalue weighted by atomic mass is 32.2. The van der Waals surface area contributed by atoms with Gasteiger partial charge in [-0.05, 0) is 49.5 Å². The summed E-state index contributed by atoms with van der Waals surface area (Å²) in [6.45, 7) is 17.2. The van der Waals surface area contributed by atoms with Gasteiger partial charge in [0.25, 0.3) is 0 Å². The summed E-state index contributed by atoms with van der Waals surface area (Å²) in [6.07, 6.45) is 8.77. The van der Waals surface area contributed by atoms with Crippen LogP contribution >= 0.6 is 0 Å². The lowest BCUT2D eigenvalue weighted by Crippen LogP contribution is -2.42. The van der Waals surface area contributed by atoms with Crippen LogP contribution in [0.1, 0.15) is 48.0 Å². The van der Waals surface area contributed by atoms with Crippen LogP contribution < -0.4 is 0 Å². The van der Waals surface area contributed by atoms with Gasteiger partial charge in [-0.2, -0.15) is 0 Å². The quantitative estimate of drug-likeness (QED) is 0.222. The summed E-state index contributed by atoms with van der Waals surface area (Å²) in [5, 5.41) is 0.